The van der Waals surface area contributed by atoms with Gasteiger partial charge < -0.3 is 13.9 Å². The Kier molecular flexibility index (Phi) is 5.30. The molecule has 0 atom stereocenters. The maximum atomic E-state index is 5.77. The van der Waals surface area contributed by atoms with E-state index in [0.717, 1.165) is 29.2 Å². The third kappa shape index (κ3) is 4.36. The van der Waals surface area contributed by atoms with Crippen LogP contribution < -0.4 is 9.47 Å². The Morgan fingerprint density at radius 2 is 1.68 bits per heavy atom. The average molecular weight is 339 g/mol. The quantitative estimate of drug-likeness (QED) is 0.657. The summed E-state index contributed by atoms with van der Waals surface area (Å²) in [6.07, 6.45) is 0. The third-order valence-electron chi connectivity index (χ3n) is 3.80. The van der Waals surface area contributed by atoms with E-state index in [2.05, 4.69) is 21.2 Å². The highest BCUT2D eigenvalue weighted by atomic mass is 16.5. The highest BCUT2D eigenvalue weighted by molar-refractivity contribution is 5.53. The highest BCUT2D eigenvalue weighted by Crippen LogP contribution is 2.22. The predicted molar refractivity (Wildman–Crippen MR) is 94.5 cm³/mol. The summed E-state index contributed by atoms with van der Waals surface area (Å²) in [5.74, 6) is 2.73. The molecule has 1 heterocycles. The van der Waals surface area contributed by atoms with Gasteiger partial charge in [-0.05, 0) is 49.0 Å². The SMILES string of the molecule is COc1ccc(-c2nnc(CN(C)Cc3cccc(OC)c3)o2)cc1. The molecule has 1 aromatic heterocycles. The van der Waals surface area contributed by atoms with Crippen molar-refractivity contribution in [3.63, 3.8) is 0 Å². The molecule has 25 heavy (non-hydrogen) atoms. The van der Waals surface area contributed by atoms with Gasteiger partial charge in [-0.1, -0.05) is 12.1 Å². The van der Waals surface area contributed by atoms with Crippen LogP contribution >= 0.6 is 0 Å². The molecule has 6 heteroatoms. The van der Waals surface area contributed by atoms with Crippen molar-refractivity contribution in [3.8, 4) is 23.0 Å². The van der Waals surface area contributed by atoms with E-state index in [1.165, 1.54) is 0 Å². The third-order valence-corrected chi connectivity index (χ3v) is 3.80. The van der Waals surface area contributed by atoms with Crippen LogP contribution in [0.4, 0.5) is 0 Å². The Balaban J connectivity index is 1.63. The van der Waals surface area contributed by atoms with Gasteiger partial charge in [0, 0.05) is 12.1 Å². The fourth-order valence-corrected chi connectivity index (χ4v) is 2.54. The summed E-state index contributed by atoms with van der Waals surface area (Å²) in [6, 6.07) is 15.5. The molecule has 0 amide bonds. The van der Waals surface area contributed by atoms with Crippen LogP contribution in [0.15, 0.2) is 52.9 Å². The lowest BCUT2D eigenvalue weighted by atomic mass is 10.2. The first kappa shape index (κ1) is 17.0. The molecule has 6 nitrogen and oxygen atoms in total. The molecule has 0 N–H and O–H groups in total. The molecular weight excluding hydrogens is 318 g/mol. The summed E-state index contributed by atoms with van der Waals surface area (Å²) in [4.78, 5) is 2.11. The summed E-state index contributed by atoms with van der Waals surface area (Å²) < 4.78 is 16.2. The summed E-state index contributed by atoms with van der Waals surface area (Å²) in [5.41, 5.74) is 2.03. The maximum Gasteiger partial charge on any atom is 0.247 e. The molecule has 2 aromatic carbocycles. The van der Waals surface area contributed by atoms with Crippen LogP contribution in [0.5, 0.6) is 11.5 Å². The molecule has 0 spiro atoms. The van der Waals surface area contributed by atoms with Crippen LogP contribution in [-0.4, -0.2) is 36.4 Å². The lowest BCUT2D eigenvalue weighted by Crippen LogP contribution is -2.17. The molecule has 130 valence electrons. The van der Waals surface area contributed by atoms with Crippen LogP contribution in [-0.2, 0) is 13.1 Å². The number of hydrogen-bond acceptors (Lipinski definition) is 6. The molecule has 0 unspecified atom stereocenters. The zero-order chi connectivity index (χ0) is 17.6. The topological polar surface area (TPSA) is 60.6 Å². The second kappa shape index (κ2) is 7.81. The number of methoxy groups -OCH3 is 2. The van der Waals surface area contributed by atoms with E-state index in [1.807, 2.05) is 49.5 Å². The predicted octanol–water partition coefficient (Wildman–Crippen LogP) is 3.39. The van der Waals surface area contributed by atoms with Crippen molar-refractivity contribution in [3.05, 3.63) is 60.0 Å². The van der Waals surface area contributed by atoms with E-state index in [0.29, 0.717) is 18.3 Å². The first-order valence-corrected chi connectivity index (χ1v) is 7.96. The Morgan fingerprint density at radius 1 is 0.920 bits per heavy atom. The van der Waals surface area contributed by atoms with Gasteiger partial charge in [-0.25, -0.2) is 0 Å². The van der Waals surface area contributed by atoms with Crippen molar-refractivity contribution in [1.29, 1.82) is 0 Å². The number of benzene rings is 2. The van der Waals surface area contributed by atoms with E-state index in [9.17, 15) is 0 Å². The van der Waals surface area contributed by atoms with Crippen LogP contribution in [0.3, 0.4) is 0 Å². The van der Waals surface area contributed by atoms with E-state index in [4.69, 9.17) is 13.9 Å². The Bertz CT molecular complexity index is 815. The smallest absolute Gasteiger partial charge is 0.247 e. The second-order valence-electron chi connectivity index (χ2n) is 5.75. The number of ether oxygens (including phenoxy) is 2. The van der Waals surface area contributed by atoms with Crippen LogP contribution in [0, 0.1) is 0 Å². The van der Waals surface area contributed by atoms with E-state index < -0.39 is 0 Å². The van der Waals surface area contributed by atoms with Gasteiger partial charge in [0.25, 0.3) is 0 Å². The van der Waals surface area contributed by atoms with Crippen molar-refractivity contribution in [2.45, 2.75) is 13.1 Å². The van der Waals surface area contributed by atoms with Crippen molar-refractivity contribution in [2.24, 2.45) is 0 Å². The zero-order valence-corrected chi connectivity index (χ0v) is 14.6. The summed E-state index contributed by atoms with van der Waals surface area (Å²) in [7, 11) is 5.32. The minimum absolute atomic E-state index is 0.507. The van der Waals surface area contributed by atoms with E-state index in [-0.39, 0.29) is 0 Å². The van der Waals surface area contributed by atoms with E-state index in [1.54, 1.807) is 14.2 Å². The highest BCUT2D eigenvalue weighted by Gasteiger charge is 2.11. The molecule has 0 radical (unpaired) electrons. The molecule has 3 aromatic rings. The molecule has 0 saturated carbocycles. The van der Waals surface area contributed by atoms with Crippen LogP contribution in [0.2, 0.25) is 0 Å². The Morgan fingerprint density at radius 3 is 2.40 bits per heavy atom. The molecule has 0 aliphatic heterocycles. The summed E-state index contributed by atoms with van der Waals surface area (Å²) in [5, 5.41) is 8.26. The van der Waals surface area contributed by atoms with Crippen LogP contribution in [0.25, 0.3) is 11.5 Å². The van der Waals surface area contributed by atoms with Gasteiger partial charge >= 0.3 is 0 Å². The number of rotatable bonds is 7. The van der Waals surface area contributed by atoms with Crippen molar-refractivity contribution >= 4 is 0 Å². The Hall–Kier alpha value is -2.86. The number of nitrogens with zero attached hydrogens (tertiary/aromatic N) is 3. The normalized spacial score (nSPS) is 10.9. The molecular formula is C19H21N3O3. The van der Waals surface area contributed by atoms with Crippen molar-refractivity contribution < 1.29 is 13.9 Å². The lowest BCUT2D eigenvalue weighted by Gasteiger charge is -2.14. The van der Waals surface area contributed by atoms with Gasteiger partial charge in [0.2, 0.25) is 11.8 Å². The standard InChI is InChI=1S/C19H21N3O3/c1-22(12-14-5-4-6-17(11-14)24-3)13-18-20-21-19(25-18)15-7-9-16(23-2)10-8-15/h4-11H,12-13H2,1-3H3. The first-order valence-electron chi connectivity index (χ1n) is 7.96. The summed E-state index contributed by atoms with van der Waals surface area (Å²) >= 11 is 0. The monoisotopic (exact) mass is 339 g/mol. The fraction of sp³-hybridized carbons (Fsp3) is 0.263. The molecule has 0 saturated heterocycles. The summed E-state index contributed by atoms with van der Waals surface area (Å²) in [6.45, 7) is 1.33. The van der Waals surface area contributed by atoms with Gasteiger partial charge in [0.15, 0.2) is 0 Å². The average Bonchev–Trinajstić information content (AvgIpc) is 3.10. The fourth-order valence-electron chi connectivity index (χ4n) is 2.54. The molecule has 3 rings (SSSR count). The molecule has 0 aliphatic carbocycles. The van der Waals surface area contributed by atoms with E-state index >= 15 is 0 Å². The van der Waals surface area contributed by atoms with Gasteiger partial charge in [-0.15, -0.1) is 10.2 Å². The van der Waals surface area contributed by atoms with Gasteiger partial charge in [0.05, 0.1) is 20.8 Å². The number of hydrogen-bond donors (Lipinski definition) is 0. The maximum absolute atomic E-state index is 5.77. The lowest BCUT2D eigenvalue weighted by molar-refractivity contribution is 0.282. The minimum Gasteiger partial charge on any atom is -0.497 e. The van der Waals surface area contributed by atoms with Crippen molar-refractivity contribution in [2.75, 3.05) is 21.3 Å². The molecule has 0 bridgehead atoms. The molecule has 0 fully saturated rings. The largest absolute Gasteiger partial charge is 0.497 e. The second-order valence-corrected chi connectivity index (χ2v) is 5.75. The molecule has 0 aliphatic rings. The first-order chi connectivity index (χ1) is 12.2. The van der Waals surface area contributed by atoms with Gasteiger partial charge in [0.1, 0.15) is 11.5 Å². The zero-order valence-electron chi connectivity index (χ0n) is 14.6. The van der Waals surface area contributed by atoms with Crippen molar-refractivity contribution in [1.82, 2.24) is 15.1 Å². The minimum atomic E-state index is 0.507. The van der Waals surface area contributed by atoms with Gasteiger partial charge in [-0.2, -0.15) is 0 Å². The van der Waals surface area contributed by atoms with Crippen LogP contribution in [0.1, 0.15) is 11.5 Å². The van der Waals surface area contributed by atoms with Gasteiger partial charge in [-0.3, -0.25) is 4.90 Å². The number of aromatic nitrogens is 2. The Labute approximate surface area is 147 Å².